The van der Waals surface area contributed by atoms with Crippen LogP contribution in [0.5, 0.6) is 0 Å². The molecule has 3 rings (SSSR count). The first-order valence-corrected chi connectivity index (χ1v) is 13.6. The van der Waals surface area contributed by atoms with Gasteiger partial charge in [-0.05, 0) is 61.2 Å². The summed E-state index contributed by atoms with van der Waals surface area (Å²) in [5.74, 6) is -0.833. The highest BCUT2D eigenvalue weighted by Crippen LogP contribution is 2.25. The molecule has 0 fully saturated rings. The van der Waals surface area contributed by atoms with Crippen LogP contribution in [-0.4, -0.2) is 37.3 Å². The normalized spacial score (nSPS) is 12.0. The molecule has 206 valence electrons. The maximum atomic E-state index is 11.6. The quantitative estimate of drug-likeness (QED) is 0.116. The van der Waals surface area contributed by atoms with E-state index in [0.29, 0.717) is 26.5 Å². The molecular formula is C31H43N3O4. The van der Waals surface area contributed by atoms with Crippen LogP contribution in [0.3, 0.4) is 0 Å². The number of carboxylic acids is 1. The highest BCUT2D eigenvalue weighted by Gasteiger charge is 2.16. The Hall–Kier alpha value is -3.13. The first-order chi connectivity index (χ1) is 18.4. The van der Waals surface area contributed by atoms with Crippen molar-refractivity contribution in [3.63, 3.8) is 0 Å². The van der Waals surface area contributed by atoms with Gasteiger partial charge in [-0.2, -0.15) is 0 Å². The SMILES string of the molecule is CCCCCC[C@H](NCOCc1cc2ccccc2cc1NCOCNc1c(C)cc(C)cc1C)C(=O)O. The number of unbranched alkanes of at least 4 members (excludes halogenated alkanes) is 3. The molecule has 38 heavy (non-hydrogen) atoms. The zero-order chi connectivity index (χ0) is 27.3. The maximum absolute atomic E-state index is 11.6. The molecule has 0 radical (unpaired) electrons. The van der Waals surface area contributed by atoms with Crippen molar-refractivity contribution in [3.05, 3.63) is 70.8 Å². The Morgan fingerprint density at radius 1 is 0.868 bits per heavy atom. The van der Waals surface area contributed by atoms with Crippen LogP contribution in [0.25, 0.3) is 10.8 Å². The average Bonchev–Trinajstić information content (AvgIpc) is 2.88. The summed E-state index contributed by atoms with van der Waals surface area (Å²) >= 11 is 0. The lowest BCUT2D eigenvalue weighted by molar-refractivity contribution is -0.140. The molecule has 0 unspecified atom stereocenters. The topological polar surface area (TPSA) is 91.9 Å². The van der Waals surface area contributed by atoms with E-state index in [1.165, 1.54) is 16.7 Å². The minimum atomic E-state index is -0.833. The zero-order valence-corrected chi connectivity index (χ0v) is 23.2. The van der Waals surface area contributed by atoms with Gasteiger partial charge in [0.15, 0.2) is 0 Å². The highest BCUT2D eigenvalue weighted by molar-refractivity contribution is 5.87. The molecule has 7 nitrogen and oxygen atoms in total. The van der Waals surface area contributed by atoms with E-state index < -0.39 is 12.0 Å². The number of carboxylic acid groups (broad SMARTS) is 1. The number of ether oxygens (including phenoxy) is 2. The molecule has 3 aromatic rings. The molecule has 0 aliphatic carbocycles. The monoisotopic (exact) mass is 521 g/mol. The summed E-state index contributed by atoms with van der Waals surface area (Å²) in [5, 5.41) is 21.6. The van der Waals surface area contributed by atoms with Crippen molar-refractivity contribution < 1.29 is 19.4 Å². The third kappa shape index (κ3) is 9.01. The van der Waals surface area contributed by atoms with E-state index in [0.717, 1.165) is 53.4 Å². The van der Waals surface area contributed by atoms with Crippen LogP contribution in [0, 0.1) is 20.8 Å². The van der Waals surface area contributed by atoms with Gasteiger partial charge in [-0.25, -0.2) is 0 Å². The summed E-state index contributed by atoms with van der Waals surface area (Å²) in [4.78, 5) is 11.6. The van der Waals surface area contributed by atoms with Crippen molar-refractivity contribution in [2.75, 3.05) is 30.8 Å². The minimum absolute atomic E-state index is 0.173. The number of rotatable bonds is 17. The van der Waals surface area contributed by atoms with E-state index in [2.05, 4.69) is 80.0 Å². The van der Waals surface area contributed by atoms with Gasteiger partial charge in [0.2, 0.25) is 0 Å². The Morgan fingerprint density at radius 3 is 2.24 bits per heavy atom. The largest absolute Gasteiger partial charge is 0.480 e. The van der Waals surface area contributed by atoms with Crippen LogP contribution < -0.4 is 16.0 Å². The van der Waals surface area contributed by atoms with Gasteiger partial charge in [-0.15, -0.1) is 0 Å². The van der Waals surface area contributed by atoms with E-state index in [1.807, 2.05) is 12.1 Å². The second kappa shape index (κ2) is 15.3. The van der Waals surface area contributed by atoms with Crippen molar-refractivity contribution in [1.82, 2.24) is 5.32 Å². The Kier molecular flexibility index (Phi) is 11.9. The molecule has 1 atom stereocenters. The van der Waals surface area contributed by atoms with Crippen molar-refractivity contribution >= 4 is 28.1 Å². The Labute approximate surface area is 226 Å². The fraction of sp³-hybridized carbons (Fsp3) is 0.452. The molecule has 0 aliphatic heterocycles. The summed E-state index contributed by atoms with van der Waals surface area (Å²) in [6.07, 6.45) is 4.81. The van der Waals surface area contributed by atoms with E-state index in [-0.39, 0.29) is 6.73 Å². The third-order valence-electron chi connectivity index (χ3n) is 6.70. The van der Waals surface area contributed by atoms with Crippen LogP contribution in [0.1, 0.15) is 61.3 Å². The van der Waals surface area contributed by atoms with Crippen LogP contribution in [0.15, 0.2) is 48.5 Å². The number of nitrogens with one attached hydrogen (secondary N) is 3. The van der Waals surface area contributed by atoms with Gasteiger partial charge in [0, 0.05) is 16.9 Å². The summed E-state index contributed by atoms with van der Waals surface area (Å²) < 4.78 is 11.7. The fourth-order valence-electron chi connectivity index (χ4n) is 4.74. The van der Waals surface area contributed by atoms with Crippen molar-refractivity contribution in [1.29, 1.82) is 0 Å². The predicted molar refractivity (Wildman–Crippen MR) is 156 cm³/mol. The number of aliphatic carboxylic acids is 1. The number of benzene rings is 3. The first kappa shape index (κ1) is 29.4. The fourth-order valence-corrected chi connectivity index (χ4v) is 4.74. The molecule has 0 aliphatic rings. The molecule has 0 saturated heterocycles. The van der Waals surface area contributed by atoms with Crippen LogP contribution in [0.4, 0.5) is 11.4 Å². The van der Waals surface area contributed by atoms with Crippen LogP contribution in [-0.2, 0) is 20.9 Å². The van der Waals surface area contributed by atoms with Gasteiger partial charge in [0.1, 0.15) is 19.5 Å². The zero-order valence-electron chi connectivity index (χ0n) is 23.2. The van der Waals surface area contributed by atoms with E-state index in [9.17, 15) is 9.90 Å². The second-order valence-corrected chi connectivity index (χ2v) is 9.91. The molecule has 0 aromatic heterocycles. The molecule has 0 amide bonds. The number of anilines is 2. The van der Waals surface area contributed by atoms with E-state index in [1.54, 1.807) is 0 Å². The van der Waals surface area contributed by atoms with Crippen LogP contribution >= 0.6 is 0 Å². The lowest BCUT2D eigenvalue weighted by atomic mass is 10.1. The Balaban J connectivity index is 1.54. The number of carbonyl (C=O) groups is 1. The standard InChI is InChI=1S/C31H43N3O4/c1-5-6-7-8-13-28(31(35)36)32-19-37-18-27-16-25-11-9-10-12-26(25)17-29(27)33-20-38-21-34-30-23(3)14-22(2)15-24(30)4/h9-12,14-17,28,32-34H,5-8,13,18-21H2,1-4H3,(H,35,36)/t28-/m0/s1. The maximum Gasteiger partial charge on any atom is 0.320 e. The summed E-state index contributed by atoms with van der Waals surface area (Å²) in [6, 6.07) is 16.1. The van der Waals surface area contributed by atoms with Crippen molar-refractivity contribution in [2.24, 2.45) is 0 Å². The average molecular weight is 522 g/mol. The molecular weight excluding hydrogens is 478 g/mol. The summed E-state index contributed by atoms with van der Waals surface area (Å²) in [5.41, 5.74) is 6.68. The van der Waals surface area contributed by atoms with Gasteiger partial charge >= 0.3 is 5.97 Å². The molecule has 0 heterocycles. The van der Waals surface area contributed by atoms with Gasteiger partial charge < -0.3 is 25.2 Å². The second-order valence-electron chi connectivity index (χ2n) is 9.91. The third-order valence-corrected chi connectivity index (χ3v) is 6.70. The van der Waals surface area contributed by atoms with Gasteiger partial charge in [0.25, 0.3) is 0 Å². The molecule has 0 saturated carbocycles. The van der Waals surface area contributed by atoms with Crippen LogP contribution in [0.2, 0.25) is 0 Å². The lowest BCUT2D eigenvalue weighted by Crippen LogP contribution is -2.38. The smallest absolute Gasteiger partial charge is 0.320 e. The van der Waals surface area contributed by atoms with Gasteiger partial charge in [-0.1, -0.05) is 74.6 Å². The Morgan fingerprint density at radius 2 is 1.55 bits per heavy atom. The first-order valence-electron chi connectivity index (χ1n) is 13.6. The molecule has 0 bridgehead atoms. The molecule has 7 heteroatoms. The highest BCUT2D eigenvalue weighted by atomic mass is 16.5. The lowest BCUT2D eigenvalue weighted by Gasteiger charge is -2.17. The predicted octanol–water partition coefficient (Wildman–Crippen LogP) is 6.71. The number of hydrogen-bond donors (Lipinski definition) is 4. The van der Waals surface area contributed by atoms with Crippen molar-refractivity contribution in [3.8, 4) is 0 Å². The molecule has 0 spiro atoms. The number of aryl methyl sites for hydroxylation is 3. The molecule has 3 aromatic carbocycles. The van der Waals surface area contributed by atoms with Gasteiger partial charge in [-0.3, -0.25) is 10.1 Å². The molecule has 4 N–H and O–H groups in total. The summed E-state index contributed by atoms with van der Waals surface area (Å²) in [7, 11) is 0. The van der Waals surface area contributed by atoms with E-state index in [4.69, 9.17) is 9.47 Å². The summed E-state index contributed by atoms with van der Waals surface area (Å²) in [6.45, 7) is 9.69. The minimum Gasteiger partial charge on any atom is -0.480 e. The number of hydrogen-bond acceptors (Lipinski definition) is 6. The van der Waals surface area contributed by atoms with Gasteiger partial charge in [0.05, 0.1) is 13.3 Å². The van der Waals surface area contributed by atoms with E-state index >= 15 is 0 Å². The Bertz CT molecular complexity index is 1160. The number of fused-ring (bicyclic) bond motifs is 1. The van der Waals surface area contributed by atoms with Crippen molar-refractivity contribution in [2.45, 2.75) is 72.4 Å².